The lowest BCUT2D eigenvalue weighted by atomic mass is 10.0. The number of alkyl halides is 3. The van der Waals surface area contributed by atoms with Crippen LogP contribution in [0.4, 0.5) is 13.2 Å². The Morgan fingerprint density at radius 1 is 1.36 bits per heavy atom. The number of nitrogens with zero attached hydrogens (tertiary/aromatic N) is 4. The molecule has 0 amide bonds. The summed E-state index contributed by atoms with van der Waals surface area (Å²) in [7, 11) is -3.96. The summed E-state index contributed by atoms with van der Waals surface area (Å²) in [6, 6.07) is 1.24. The van der Waals surface area contributed by atoms with Crippen LogP contribution in [0.5, 0.6) is 0 Å². The molecule has 0 aliphatic carbocycles. The maximum Gasteiger partial charge on any atom is 0.445 e. The molecule has 28 heavy (non-hydrogen) atoms. The molecular formula is C14H11ClF3N5O3S2. The fourth-order valence-electron chi connectivity index (χ4n) is 2.62. The van der Waals surface area contributed by atoms with Crippen molar-refractivity contribution in [2.24, 2.45) is 0 Å². The highest BCUT2D eigenvalue weighted by Gasteiger charge is 2.38. The van der Waals surface area contributed by atoms with Crippen LogP contribution in [-0.4, -0.2) is 46.8 Å². The van der Waals surface area contributed by atoms with E-state index in [0.717, 1.165) is 0 Å². The molecule has 1 N–H and O–H groups in total. The second-order valence-corrected chi connectivity index (χ2v) is 9.50. The summed E-state index contributed by atoms with van der Waals surface area (Å²) in [5.74, 6) is 0.000129. The SMILES string of the molecule is CC1(NS(=O)(=O)c2cc(Cl)c3cnc(-c4nnc(C(F)(F)F)s4)n3c2)COC1. The first kappa shape index (κ1) is 19.5. The number of sulfonamides is 1. The van der Waals surface area contributed by atoms with Crippen molar-refractivity contribution in [3.63, 3.8) is 0 Å². The highest BCUT2D eigenvalue weighted by Crippen LogP contribution is 2.35. The zero-order valence-electron chi connectivity index (χ0n) is 14.0. The molecule has 0 bridgehead atoms. The number of hydrogen-bond acceptors (Lipinski definition) is 7. The minimum absolute atomic E-state index is 0.000129. The van der Waals surface area contributed by atoms with Gasteiger partial charge in [0.05, 0.1) is 35.5 Å². The van der Waals surface area contributed by atoms with E-state index in [9.17, 15) is 21.6 Å². The largest absolute Gasteiger partial charge is 0.445 e. The van der Waals surface area contributed by atoms with E-state index in [-0.39, 0.29) is 34.0 Å². The van der Waals surface area contributed by atoms with Gasteiger partial charge in [-0.15, -0.1) is 10.2 Å². The molecule has 0 aromatic carbocycles. The van der Waals surface area contributed by atoms with Crippen molar-refractivity contribution in [1.29, 1.82) is 0 Å². The van der Waals surface area contributed by atoms with E-state index in [2.05, 4.69) is 19.9 Å². The molecule has 3 aromatic rings. The standard InChI is InChI=1S/C14H11ClF3N5O3S2/c1-13(5-26-6-13)22-28(24,25)7-2-8(15)9-3-19-10(23(9)4-7)11-20-21-12(27-11)14(16,17)18/h2-4,22H,5-6H2,1H3. The normalized spacial score (nSPS) is 17.0. The van der Waals surface area contributed by atoms with Crippen LogP contribution in [0, 0.1) is 0 Å². The van der Waals surface area contributed by atoms with Crippen LogP contribution in [0.25, 0.3) is 16.3 Å². The molecule has 4 heterocycles. The van der Waals surface area contributed by atoms with Crippen molar-refractivity contribution in [2.75, 3.05) is 13.2 Å². The second kappa shape index (κ2) is 6.35. The Hall–Kier alpha value is -1.80. The van der Waals surface area contributed by atoms with Gasteiger partial charge in [0.2, 0.25) is 15.0 Å². The van der Waals surface area contributed by atoms with Gasteiger partial charge in [0.15, 0.2) is 10.8 Å². The van der Waals surface area contributed by atoms with Crippen molar-refractivity contribution in [2.45, 2.75) is 23.5 Å². The molecule has 4 rings (SSSR count). The zero-order chi connectivity index (χ0) is 20.3. The van der Waals surface area contributed by atoms with Gasteiger partial charge in [-0.25, -0.2) is 18.1 Å². The van der Waals surface area contributed by atoms with Gasteiger partial charge in [-0.2, -0.15) is 13.2 Å². The van der Waals surface area contributed by atoms with Gasteiger partial charge in [-0.1, -0.05) is 22.9 Å². The van der Waals surface area contributed by atoms with Gasteiger partial charge in [-0.05, 0) is 13.0 Å². The summed E-state index contributed by atoms with van der Waals surface area (Å²) in [4.78, 5) is 3.86. The highest BCUT2D eigenvalue weighted by atomic mass is 35.5. The van der Waals surface area contributed by atoms with Crippen molar-refractivity contribution < 1.29 is 26.3 Å². The molecule has 1 saturated heterocycles. The highest BCUT2D eigenvalue weighted by molar-refractivity contribution is 7.89. The predicted molar refractivity (Wildman–Crippen MR) is 93.7 cm³/mol. The number of imidazole rings is 1. The van der Waals surface area contributed by atoms with Crippen LogP contribution in [0.2, 0.25) is 5.02 Å². The Kier molecular flexibility index (Phi) is 4.43. The van der Waals surface area contributed by atoms with E-state index in [1.807, 2.05) is 0 Å². The van der Waals surface area contributed by atoms with Gasteiger partial charge in [0, 0.05) is 6.20 Å². The smallest absolute Gasteiger partial charge is 0.377 e. The van der Waals surface area contributed by atoms with Gasteiger partial charge >= 0.3 is 6.18 Å². The van der Waals surface area contributed by atoms with Crippen LogP contribution in [-0.2, 0) is 20.9 Å². The molecule has 0 radical (unpaired) electrons. The Labute approximate surface area is 165 Å². The first-order valence-electron chi connectivity index (χ1n) is 7.68. The molecule has 0 unspecified atom stereocenters. The number of hydrogen-bond donors (Lipinski definition) is 1. The van der Waals surface area contributed by atoms with E-state index in [4.69, 9.17) is 16.3 Å². The molecule has 0 spiro atoms. The second-order valence-electron chi connectivity index (χ2n) is 6.43. The Balaban J connectivity index is 1.80. The Morgan fingerprint density at radius 2 is 2.07 bits per heavy atom. The van der Waals surface area contributed by atoms with E-state index in [0.29, 0.717) is 16.9 Å². The number of halogens is 4. The molecule has 1 fully saturated rings. The third-order valence-corrected chi connectivity index (χ3v) is 6.83. The van der Waals surface area contributed by atoms with Crippen molar-refractivity contribution in [1.82, 2.24) is 24.3 Å². The number of fused-ring (bicyclic) bond motifs is 1. The maximum atomic E-state index is 12.8. The van der Waals surface area contributed by atoms with E-state index >= 15 is 0 Å². The summed E-state index contributed by atoms with van der Waals surface area (Å²) in [5.41, 5.74) is -0.420. The topological polar surface area (TPSA) is 98.5 Å². The number of pyridine rings is 1. The van der Waals surface area contributed by atoms with Crippen LogP contribution < -0.4 is 4.72 Å². The summed E-state index contributed by atoms with van der Waals surface area (Å²) < 4.78 is 72.7. The lowest BCUT2D eigenvalue weighted by Gasteiger charge is -2.38. The number of nitrogens with one attached hydrogen (secondary N) is 1. The average Bonchev–Trinajstić information content (AvgIpc) is 3.19. The van der Waals surface area contributed by atoms with Gasteiger partial charge in [0.25, 0.3) is 0 Å². The predicted octanol–water partition coefficient (Wildman–Crippen LogP) is 2.59. The van der Waals surface area contributed by atoms with E-state index < -0.39 is 26.7 Å². The Bertz CT molecular complexity index is 1170. The number of rotatable bonds is 4. The van der Waals surface area contributed by atoms with Gasteiger partial charge in [0.1, 0.15) is 4.90 Å². The van der Waals surface area contributed by atoms with Crippen LogP contribution in [0.15, 0.2) is 23.4 Å². The molecule has 14 heteroatoms. The van der Waals surface area contributed by atoms with Crippen LogP contribution in [0.1, 0.15) is 11.9 Å². The molecule has 150 valence electrons. The lowest BCUT2D eigenvalue weighted by Crippen LogP contribution is -2.59. The van der Waals surface area contributed by atoms with Crippen LogP contribution >= 0.6 is 22.9 Å². The van der Waals surface area contributed by atoms with Crippen molar-refractivity contribution in [3.8, 4) is 10.8 Å². The Morgan fingerprint density at radius 3 is 2.64 bits per heavy atom. The zero-order valence-corrected chi connectivity index (χ0v) is 16.4. The molecule has 0 atom stereocenters. The molecular weight excluding hydrogens is 443 g/mol. The fourth-order valence-corrected chi connectivity index (χ4v) is 5.04. The number of ether oxygens (including phenoxy) is 1. The molecule has 0 saturated carbocycles. The lowest BCUT2D eigenvalue weighted by molar-refractivity contribution is -0.138. The molecule has 3 aromatic heterocycles. The van der Waals surface area contributed by atoms with Gasteiger partial charge < -0.3 is 4.74 Å². The van der Waals surface area contributed by atoms with E-state index in [1.165, 1.54) is 22.9 Å². The number of aromatic nitrogens is 4. The van der Waals surface area contributed by atoms with E-state index in [1.54, 1.807) is 6.92 Å². The van der Waals surface area contributed by atoms with Gasteiger partial charge in [-0.3, -0.25) is 4.40 Å². The molecule has 1 aliphatic heterocycles. The van der Waals surface area contributed by atoms with Crippen molar-refractivity contribution in [3.05, 3.63) is 28.5 Å². The summed E-state index contributed by atoms with van der Waals surface area (Å²) >= 11 is 6.47. The average molecular weight is 454 g/mol. The fraction of sp³-hybridized carbons (Fsp3) is 0.357. The van der Waals surface area contributed by atoms with Crippen molar-refractivity contribution >= 4 is 38.5 Å². The minimum Gasteiger partial charge on any atom is -0.377 e. The third-order valence-electron chi connectivity index (χ3n) is 3.96. The quantitative estimate of drug-likeness (QED) is 0.652. The summed E-state index contributed by atoms with van der Waals surface area (Å²) in [6.45, 7) is 2.14. The maximum absolute atomic E-state index is 12.8. The monoisotopic (exact) mass is 453 g/mol. The molecule has 8 nitrogen and oxygen atoms in total. The van der Waals surface area contributed by atoms with Crippen LogP contribution in [0.3, 0.4) is 0 Å². The summed E-state index contributed by atoms with van der Waals surface area (Å²) in [6.07, 6.45) is -2.10. The minimum atomic E-state index is -4.64. The molecule has 1 aliphatic rings. The first-order chi connectivity index (χ1) is 13.0. The first-order valence-corrected chi connectivity index (χ1v) is 10.4. The third kappa shape index (κ3) is 3.37. The summed E-state index contributed by atoms with van der Waals surface area (Å²) in [5, 5.41) is 5.46.